The first-order valence-corrected chi connectivity index (χ1v) is 6.03. The van der Waals surface area contributed by atoms with Crippen LogP contribution in [-0.4, -0.2) is 60.9 Å². The first-order valence-electron chi connectivity index (χ1n) is 6.03. The van der Waals surface area contributed by atoms with E-state index in [1.54, 1.807) is 0 Å². The molecule has 0 radical (unpaired) electrons. The average Bonchev–Trinajstić information content (AvgIpc) is 2.25. The van der Waals surface area contributed by atoms with Gasteiger partial charge in [0.1, 0.15) is 5.84 Å². The fourth-order valence-electron chi connectivity index (χ4n) is 2.05. The Hall–Kier alpha value is -0.610. The maximum atomic E-state index is 6.14. The smallest absolute Gasteiger partial charge is 0.113 e. The normalized spacial score (nSPS) is 26.8. The third-order valence-electron chi connectivity index (χ3n) is 2.87. The lowest BCUT2D eigenvalue weighted by Gasteiger charge is -2.28. The minimum Gasteiger partial charge on any atom is -0.386 e. The summed E-state index contributed by atoms with van der Waals surface area (Å²) in [6.45, 7) is 9.46. The Kier molecular flexibility index (Phi) is 4.33. The Labute approximate surface area is 99.5 Å². The molecular formula is C12H26N4. The quantitative estimate of drug-likeness (QED) is 0.531. The van der Waals surface area contributed by atoms with E-state index in [-0.39, 0.29) is 11.6 Å². The lowest BCUT2D eigenvalue weighted by atomic mass is 10.1. The molecule has 94 valence electrons. The number of aliphatic imine (C=N–C) groups is 1. The average molecular weight is 226 g/mol. The molecule has 0 saturated carbocycles. The van der Waals surface area contributed by atoms with Crippen LogP contribution in [0.4, 0.5) is 0 Å². The molecule has 1 saturated heterocycles. The van der Waals surface area contributed by atoms with E-state index < -0.39 is 0 Å². The molecule has 1 atom stereocenters. The van der Waals surface area contributed by atoms with E-state index in [1.165, 1.54) is 6.42 Å². The van der Waals surface area contributed by atoms with Crippen LogP contribution in [0.5, 0.6) is 0 Å². The first-order chi connectivity index (χ1) is 7.29. The molecule has 1 aliphatic heterocycles. The van der Waals surface area contributed by atoms with E-state index in [1.807, 2.05) is 0 Å². The maximum absolute atomic E-state index is 6.14. The lowest BCUT2D eigenvalue weighted by molar-refractivity contribution is 0.276. The lowest BCUT2D eigenvalue weighted by Crippen LogP contribution is -2.48. The van der Waals surface area contributed by atoms with Gasteiger partial charge in [-0.15, -0.1) is 0 Å². The summed E-state index contributed by atoms with van der Waals surface area (Å²) in [7, 11) is 4.28. The molecule has 4 nitrogen and oxygen atoms in total. The van der Waals surface area contributed by atoms with Gasteiger partial charge in [-0.3, -0.25) is 9.89 Å². The Morgan fingerprint density at radius 3 is 2.44 bits per heavy atom. The van der Waals surface area contributed by atoms with Crippen LogP contribution in [-0.2, 0) is 0 Å². The molecule has 0 aromatic heterocycles. The van der Waals surface area contributed by atoms with Gasteiger partial charge >= 0.3 is 0 Å². The standard InChI is InChI=1S/C12H26N4/c1-12(2,3)14-11(13)10-9-15(4)7-6-8-16(10)5/h10H,6-9H2,1-5H3,(H2,13,14). The van der Waals surface area contributed by atoms with Crippen LogP contribution in [0, 0.1) is 0 Å². The van der Waals surface area contributed by atoms with Crippen molar-refractivity contribution in [2.24, 2.45) is 10.7 Å². The summed E-state index contributed by atoms with van der Waals surface area (Å²) in [4.78, 5) is 9.23. The van der Waals surface area contributed by atoms with Crippen molar-refractivity contribution >= 4 is 5.84 Å². The van der Waals surface area contributed by atoms with Crippen molar-refractivity contribution in [3.05, 3.63) is 0 Å². The van der Waals surface area contributed by atoms with Gasteiger partial charge in [-0.1, -0.05) is 0 Å². The minimum absolute atomic E-state index is 0.0875. The summed E-state index contributed by atoms with van der Waals surface area (Å²) in [6.07, 6.45) is 1.20. The SMILES string of the molecule is CN1CCCN(C)C(C(N)=NC(C)(C)C)C1. The summed E-state index contributed by atoms with van der Waals surface area (Å²) in [6, 6.07) is 0.256. The van der Waals surface area contributed by atoms with E-state index in [0.717, 1.165) is 25.5 Å². The van der Waals surface area contributed by atoms with Crippen molar-refractivity contribution in [3.8, 4) is 0 Å². The van der Waals surface area contributed by atoms with E-state index in [2.05, 4.69) is 49.7 Å². The number of nitrogens with zero attached hydrogens (tertiary/aromatic N) is 3. The van der Waals surface area contributed by atoms with E-state index in [0.29, 0.717) is 0 Å². The van der Waals surface area contributed by atoms with Gasteiger partial charge in [0.15, 0.2) is 0 Å². The van der Waals surface area contributed by atoms with Crippen LogP contribution in [0.2, 0.25) is 0 Å². The number of nitrogens with two attached hydrogens (primary N) is 1. The molecule has 1 heterocycles. The second kappa shape index (κ2) is 5.15. The Morgan fingerprint density at radius 1 is 1.25 bits per heavy atom. The van der Waals surface area contributed by atoms with Crippen molar-refractivity contribution in [2.45, 2.75) is 38.8 Å². The Balaban J connectivity index is 2.79. The predicted molar refractivity (Wildman–Crippen MR) is 69.9 cm³/mol. The van der Waals surface area contributed by atoms with Crippen molar-refractivity contribution in [1.82, 2.24) is 9.80 Å². The van der Waals surface area contributed by atoms with Crippen molar-refractivity contribution in [1.29, 1.82) is 0 Å². The topological polar surface area (TPSA) is 44.9 Å². The van der Waals surface area contributed by atoms with E-state index in [9.17, 15) is 0 Å². The monoisotopic (exact) mass is 226 g/mol. The second-order valence-electron chi connectivity index (χ2n) is 5.82. The molecule has 0 bridgehead atoms. The molecule has 4 heteroatoms. The maximum Gasteiger partial charge on any atom is 0.113 e. The summed E-state index contributed by atoms with van der Waals surface area (Å²) < 4.78 is 0. The van der Waals surface area contributed by atoms with Crippen LogP contribution >= 0.6 is 0 Å². The third kappa shape index (κ3) is 4.10. The molecule has 1 rings (SSSR count). The number of hydrogen-bond acceptors (Lipinski definition) is 3. The van der Waals surface area contributed by atoms with Crippen LogP contribution in [0.1, 0.15) is 27.2 Å². The van der Waals surface area contributed by atoms with Gasteiger partial charge in [0.2, 0.25) is 0 Å². The van der Waals surface area contributed by atoms with Gasteiger partial charge in [-0.05, 0) is 54.4 Å². The largest absolute Gasteiger partial charge is 0.386 e. The number of hydrogen-bond donors (Lipinski definition) is 1. The molecule has 2 N–H and O–H groups in total. The fraction of sp³-hybridized carbons (Fsp3) is 0.917. The van der Waals surface area contributed by atoms with Gasteiger partial charge in [0.25, 0.3) is 0 Å². The van der Waals surface area contributed by atoms with Gasteiger partial charge < -0.3 is 10.6 Å². The Bertz CT molecular complexity index is 254. The molecule has 0 amide bonds. The van der Waals surface area contributed by atoms with Gasteiger partial charge in [0, 0.05) is 6.54 Å². The highest BCUT2D eigenvalue weighted by atomic mass is 15.2. The molecule has 1 unspecified atom stereocenters. The van der Waals surface area contributed by atoms with Crippen molar-refractivity contribution in [3.63, 3.8) is 0 Å². The zero-order valence-corrected chi connectivity index (χ0v) is 11.3. The van der Waals surface area contributed by atoms with Crippen molar-refractivity contribution in [2.75, 3.05) is 33.7 Å². The van der Waals surface area contributed by atoms with Crippen LogP contribution in [0.25, 0.3) is 0 Å². The van der Waals surface area contributed by atoms with Gasteiger partial charge in [-0.25, -0.2) is 0 Å². The molecule has 0 aliphatic carbocycles. The minimum atomic E-state index is -0.0875. The van der Waals surface area contributed by atoms with Crippen LogP contribution in [0.3, 0.4) is 0 Å². The molecule has 0 aromatic rings. The summed E-state index contributed by atoms with van der Waals surface area (Å²) in [5.41, 5.74) is 6.05. The molecule has 1 fully saturated rings. The molecule has 0 aromatic carbocycles. The molecule has 16 heavy (non-hydrogen) atoms. The van der Waals surface area contributed by atoms with Gasteiger partial charge in [0.05, 0.1) is 11.6 Å². The molecular weight excluding hydrogens is 200 g/mol. The highest BCUT2D eigenvalue weighted by Gasteiger charge is 2.24. The zero-order valence-electron chi connectivity index (χ0n) is 11.3. The summed E-state index contributed by atoms with van der Waals surface area (Å²) in [5, 5.41) is 0. The summed E-state index contributed by atoms with van der Waals surface area (Å²) >= 11 is 0. The van der Waals surface area contributed by atoms with Gasteiger partial charge in [-0.2, -0.15) is 0 Å². The fourth-order valence-corrected chi connectivity index (χ4v) is 2.05. The van der Waals surface area contributed by atoms with E-state index >= 15 is 0 Å². The number of rotatable bonds is 1. The third-order valence-corrected chi connectivity index (χ3v) is 2.87. The zero-order chi connectivity index (χ0) is 12.3. The van der Waals surface area contributed by atoms with Crippen LogP contribution < -0.4 is 5.73 Å². The van der Waals surface area contributed by atoms with E-state index in [4.69, 9.17) is 5.73 Å². The molecule has 1 aliphatic rings. The number of amidine groups is 1. The second-order valence-corrected chi connectivity index (χ2v) is 5.82. The Morgan fingerprint density at radius 2 is 1.88 bits per heavy atom. The molecule has 0 spiro atoms. The highest BCUT2D eigenvalue weighted by molar-refractivity contribution is 5.86. The highest BCUT2D eigenvalue weighted by Crippen LogP contribution is 2.11. The summed E-state index contributed by atoms with van der Waals surface area (Å²) in [5.74, 6) is 0.767. The number of likely N-dealkylation sites (N-methyl/N-ethyl adjacent to an activating group) is 2. The van der Waals surface area contributed by atoms with Crippen LogP contribution in [0.15, 0.2) is 4.99 Å². The van der Waals surface area contributed by atoms with Crippen molar-refractivity contribution < 1.29 is 0 Å². The predicted octanol–water partition coefficient (Wildman–Crippen LogP) is 0.778. The first kappa shape index (κ1) is 13.5.